The molecule has 0 bridgehead atoms. The minimum Gasteiger partial charge on any atom is -0.481 e. The van der Waals surface area contributed by atoms with Crippen molar-refractivity contribution in [1.29, 1.82) is 0 Å². The predicted octanol–water partition coefficient (Wildman–Crippen LogP) is 2.01. The van der Waals surface area contributed by atoms with Gasteiger partial charge >= 0.3 is 0 Å². The second-order valence-corrected chi connectivity index (χ2v) is 5.28. The van der Waals surface area contributed by atoms with Gasteiger partial charge in [0.05, 0.1) is 6.10 Å². The van der Waals surface area contributed by atoms with Crippen LogP contribution in [0.15, 0.2) is 18.2 Å². The lowest BCUT2D eigenvalue weighted by molar-refractivity contribution is -0.123. The zero-order valence-corrected chi connectivity index (χ0v) is 11.6. The Morgan fingerprint density at radius 3 is 2.76 bits per heavy atom. The number of benzene rings is 1. The summed E-state index contributed by atoms with van der Waals surface area (Å²) in [7, 11) is 0. The molecule has 1 atom stereocenters. The first-order chi connectivity index (χ1) is 10.1. The van der Waals surface area contributed by atoms with Gasteiger partial charge in [0.15, 0.2) is 18.2 Å². The fourth-order valence-corrected chi connectivity index (χ4v) is 2.51. The van der Waals surface area contributed by atoms with Crippen LogP contribution < -0.4 is 10.1 Å². The highest BCUT2D eigenvalue weighted by Crippen LogP contribution is 2.27. The van der Waals surface area contributed by atoms with Gasteiger partial charge in [-0.1, -0.05) is 12.8 Å². The Morgan fingerprint density at radius 1 is 1.38 bits per heavy atom. The van der Waals surface area contributed by atoms with E-state index in [1.165, 1.54) is 0 Å². The van der Waals surface area contributed by atoms with E-state index in [1.807, 2.05) is 0 Å². The van der Waals surface area contributed by atoms with Crippen molar-refractivity contribution in [3.8, 4) is 5.75 Å². The second-order valence-electron chi connectivity index (χ2n) is 5.28. The Bertz CT molecular complexity index is 490. The molecule has 116 valence electrons. The summed E-state index contributed by atoms with van der Waals surface area (Å²) < 4.78 is 31.0. The van der Waals surface area contributed by atoms with Crippen LogP contribution in [0.25, 0.3) is 0 Å². The molecular weight excluding hydrogens is 280 g/mol. The molecule has 1 unspecified atom stereocenters. The zero-order valence-electron chi connectivity index (χ0n) is 11.6. The Kier molecular flexibility index (Phi) is 5.50. The number of hydrogen-bond acceptors (Lipinski definition) is 3. The number of aliphatic hydroxyl groups is 1. The van der Waals surface area contributed by atoms with Gasteiger partial charge < -0.3 is 15.2 Å². The topological polar surface area (TPSA) is 58.6 Å². The van der Waals surface area contributed by atoms with Crippen molar-refractivity contribution in [1.82, 2.24) is 5.32 Å². The summed E-state index contributed by atoms with van der Waals surface area (Å²) in [5, 5.41) is 12.5. The number of carbonyl (C=O) groups excluding carboxylic acids is 1. The molecule has 2 rings (SSSR count). The number of carbonyl (C=O) groups is 1. The first-order valence-corrected chi connectivity index (χ1v) is 7.09. The zero-order chi connectivity index (χ0) is 15.2. The molecule has 1 fully saturated rings. The summed E-state index contributed by atoms with van der Waals surface area (Å²) in [6.45, 7) is -0.210. The largest absolute Gasteiger partial charge is 0.481 e. The number of hydrogen-bond donors (Lipinski definition) is 2. The van der Waals surface area contributed by atoms with Crippen molar-refractivity contribution in [3.05, 3.63) is 29.8 Å². The van der Waals surface area contributed by atoms with Crippen LogP contribution in [0, 0.1) is 17.6 Å². The van der Waals surface area contributed by atoms with Gasteiger partial charge in [-0.3, -0.25) is 4.79 Å². The Morgan fingerprint density at radius 2 is 2.10 bits per heavy atom. The van der Waals surface area contributed by atoms with Gasteiger partial charge in [0.2, 0.25) is 0 Å². The first-order valence-electron chi connectivity index (χ1n) is 7.09. The average molecular weight is 299 g/mol. The van der Waals surface area contributed by atoms with Gasteiger partial charge in [-0.05, 0) is 30.9 Å². The van der Waals surface area contributed by atoms with Crippen LogP contribution >= 0.6 is 0 Å². The van der Waals surface area contributed by atoms with E-state index < -0.39 is 23.6 Å². The normalized spacial score (nSPS) is 16.7. The van der Waals surface area contributed by atoms with Crippen LogP contribution in [0.4, 0.5) is 8.78 Å². The van der Waals surface area contributed by atoms with Crippen LogP contribution in [0.1, 0.15) is 25.7 Å². The van der Waals surface area contributed by atoms with Gasteiger partial charge in [-0.25, -0.2) is 8.78 Å². The summed E-state index contributed by atoms with van der Waals surface area (Å²) in [5.74, 6) is -1.95. The van der Waals surface area contributed by atoms with Crippen molar-refractivity contribution >= 4 is 5.91 Å². The standard InChI is InChI=1S/C15H19F2NO3/c16-11-5-6-14(12(17)7-11)21-9-15(20)18-8-13(19)10-3-1-2-4-10/h5-7,10,13,19H,1-4,8-9H2,(H,18,20). The molecule has 0 radical (unpaired) electrons. The van der Waals surface area contributed by atoms with E-state index in [0.717, 1.165) is 37.8 Å². The van der Waals surface area contributed by atoms with Gasteiger partial charge in [0, 0.05) is 12.6 Å². The lowest BCUT2D eigenvalue weighted by Gasteiger charge is -2.18. The molecule has 2 N–H and O–H groups in total. The third-order valence-electron chi connectivity index (χ3n) is 3.71. The molecule has 0 aromatic heterocycles. The van der Waals surface area contributed by atoms with Crippen LogP contribution in [0.5, 0.6) is 5.75 Å². The molecule has 1 aromatic rings. The highest BCUT2D eigenvalue weighted by Gasteiger charge is 2.23. The Hall–Kier alpha value is -1.69. The van der Waals surface area contributed by atoms with Crippen molar-refractivity contribution in [2.75, 3.05) is 13.2 Å². The van der Waals surface area contributed by atoms with Gasteiger partial charge in [0.25, 0.3) is 5.91 Å². The molecular formula is C15H19F2NO3. The molecule has 21 heavy (non-hydrogen) atoms. The highest BCUT2D eigenvalue weighted by molar-refractivity contribution is 5.77. The Balaban J connectivity index is 1.71. The molecule has 4 nitrogen and oxygen atoms in total. The fraction of sp³-hybridized carbons (Fsp3) is 0.533. The monoisotopic (exact) mass is 299 g/mol. The van der Waals surface area contributed by atoms with E-state index >= 15 is 0 Å². The SMILES string of the molecule is O=C(COc1ccc(F)cc1F)NCC(O)C1CCCC1. The summed E-state index contributed by atoms with van der Waals surface area (Å²) >= 11 is 0. The smallest absolute Gasteiger partial charge is 0.258 e. The second kappa shape index (κ2) is 7.36. The third-order valence-corrected chi connectivity index (χ3v) is 3.71. The molecule has 1 aromatic carbocycles. The van der Waals surface area contributed by atoms with Crippen LogP contribution in [-0.2, 0) is 4.79 Å². The van der Waals surface area contributed by atoms with E-state index in [-0.39, 0.29) is 24.8 Å². The maximum absolute atomic E-state index is 13.3. The van der Waals surface area contributed by atoms with Crippen molar-refractivity contribution < 1.29 is 23.4 Å². The summed E-state index contributed by atoms with van der Waals surface area (Å²) in [4.78, 5) is 11.6. The predicted molar refractivity (Wildman–Crippen MR) is 72.8 cm³/mol. The first kappa shape index (κ1) is 15.7. The van der Waals surface area contributed by atoms with Crippen LogP contribution in [-0.4, -0.2) is 30.3 Å². The number of amides is 1. The van der Waals surface area contributed by atoms with E-state index in [1.54, 1.807) is 0 Å². The Labute approximate surface area is 122 Å². The van der Waals surface area contributed by atoms with Gasteiger partial charge in [0.1, 0.15) is 5.82 Å². The van der Waals surface area contributed by atoms with Gasteiger partial charge in [-0.2, -0.15) is 0 Å². The molecule has 1 aliphatic carbocycles. The maximum atomic E-state index is 13.3. The molecule has 1 amide bonds. The molecule has 0 spiro atoms. The molecule has 0 aliphatic heterocycles. The molecule has 0 heterocycles. The average Bonchev–Trinajstić information content (AvgIpc) is 2.98. The fourth-order valence-electron chi connectivity index (χ4n) is 2.51. The minimum absolute atomic E-state index is 0.165. The highest BCUT2D eigenvalue weighted by atomic mass is 19.1. The molecule has 0 saturated heterocycles. The number of halogens is 2. The van der Waals surface area contributed by atoms with E-state index in [4.69, 9.17) is 4.74 Å². The lowest BCUT2D eigenvalue weighted by Crippen LogP contribution is -2.38. The number of aliphatic hydroxyl groups excluding tert-OH is 1. The van der Waals surface area contributed by atoms with Crippen molar-refractivity contribution in [3.63, 3.8) is 0 Å². The third kappa shape index (κ3) is 4.67. The van der Waals surface area contributed by atoms with Crippen molar-refractivity contribution in [2.24, 2.45) is 5.92 Å². The van der Waals surface area contributed by atoms with E-state index in [0.29, 0.717) is 6.07 Å². The lowest BCUT2D eigenvalue weighted by atomic mass is 10.0. The maximum Gasteiger partial charge on any atom is 0.258 e. The van der Waals surface area contributed by atoms with Gasteiger partial charge in [-0.15, -0.1) is 0 Å². The number of ether oxygens (including phenoxy) is 1. The summed E-state index contributed by atoms with van der Waals surface area (Å²) in [6.07, 6.45) is 3.63. The van der Waals surface area contributed by atoms with Crippen molar-refractivity contribution in [2.45, 2.75) is 31.8 Å². The number of nitrogens with one attached hydrogen (secondary N) is 1. The van der Waals surface area contributed by atoms with E-state index in [9.17, 15) is 18.7 Å². The number of rotatable bonds is 6. The quantitative estimate of drug-likeness (QED) is 0.845. The summed E-state index contributed by atoms with van der Waals surface area (Å²) in [5.41, 5.74) is 0. The molecule has 1 aliphatic rings. The molecule has 6 heteroatoms. The minimum atomic E-state index is -0.853. The molecule has 1 saturated carbocycles. The van der Waals surface area contributed by atoms with Crippen LogP contribution in [0.2, 0.25) is 0 Å². The van der Waals surface area contributed by atoms with Crippen LogP contribution in [0.3, 0.4) is 0 Å². The van der Waals surface area contributed by atoms with E-state index in [2.05, 4.69) is 5.32 Å². The summed E-state index contributed by atoms with van der Waals surface area (Å²) in [6, 6.07) is 2.88.